The average Bonchev–Trinajstić information content (AvgIpc) is 2.97. The topological polar surface area (TPSA) is 15.8 Å². The highest BCUT2D eigenvalue weighted by Gasteiger charge is 1.92. The normalized spacial score (nSPS) is 11.4. The van der Waals surface area contributed by atoms with Gasteiger partial charge in [0, 0.05) is 11.9 Å². The molecule has 0 aliphatic heterocycles. The minimum Gasteiger partial charge on any atom is -0.362 e. The maximum Gasteiger partial charge on any atom is 0.0377 e. The van der Waals surface area contributed by atoms with Crippen molar-refractivity contribution in [1.82, 2.24) is 4.98 Å². The number of hydrogen-bond acceptors (Lipinski definition) is 0. The largest absolute Gasteiger partial charge is 0.362 e. The maximum atomic E-state index is 3.19. The summed E-state index contributed by atoms with van der Waals surface area (Å²) in [6.45, 7) is 2.29. The Morgan fingerprint density at radius 1 is 0.850 bits per heavy atom. The Labute approximate surface area is 125 Å². The summed E-state index contributed by atoms with van der Waals surface area (Å²) in [6, 6.07) is 4.15. The van der Waals surface area contributed by atoms with Crippen molar-refractivity contribution < 1.29 is 0 Å². The van der Waals surface area contributed by atoms with Crippen LogP contribution >= 0.6 is 0 Å². The van der Waals surface area contributed by atoms with Crippen molar-refractivity contribution in [2.75, 3.05) is 0 Å². The number of unbranched alkanes of at least 4 members (excludes halogenated alkanes) is 11. The van der Waals surface area contributed by atoms with E-state index in [4.69, 9.17) is 0 Å². The van der Waals surface area contributed by atoms with Gasteiger partial charge in [0.1, 0.15) is 0 Å². The van der Waals surface area contributed by atoms with Crippen molar-refractivity contribution in [3.05, 3.63) is 30.1 Å². The Bertz CT molecular complexity index is 311. The summed E-state index contributed by atoms with van der Waals surface area (Å²) >= 11 is 0. The molecule has 114 valence electrons. The molecule has 0 aliphatic rings. The van der Waals surface area contributed by atoms with Gasteiger partial charge in [0.2, 0.25) is 0 Å². The second-order valence-corrected chi connectivity index (χ2v) is 5.85. The van der Waals surface area contributed by atoms with Gasteiger partial charge in [-0.25, -0.2) is 0 Å². The van der Waals surface area contributed by atoms with Crippen LogP contribution in [0.5, 0.6) is 0 Å². The number of aromatic nitrogens is 1. The monoisotopic (exact) mass is 275 g/mol. The number of H-pyrrole nitrogens is 1. The van der Waals surface area contributed by atoms with Crippen LogP contribution in [0.4, 0.5) is 0 Å². The first-order valence-corrected chi connectivity index (χ1v) is 8.73. The molecule has 1 aromatic rings. The molecule has 0 aromatic carbocycles. The molecule has 1 rings (SSSR count). The van der Waals surface area contributed by atoms with E-state index in [0.717, 1.165) is 0 Å². The van der Waals surface area contributed by atoms with Gasteiger partial charge < -0.3 is 4.98 Å². The van der Waals surface area contributed by atoms with Crippen LogP contribution in [0.25, 0.3) is 6.08 Å². The van der Waals surface area contributed by atoms with Crippen LogP contribution in [-0.2, 0) is 0 Å². The lowest BCUT2D eigenvalue weighted by Crippen LogP contribution is -1.82. The van der Waals surface area contributed by atoms with Crippen LogP contribution in [0, 0.1) is 0 Å². The van der Waals surface area contributed by atoms with Gasteiger partial charge in [-0.1, -0.05) is 77.2 Å². The summed E-state index contributed by atoms with van der Waals surface area (Å²) in [7, 11) is 0. The molecule has 0 unspecified atom stereocenters. The molecule has 0 saturated carbocycles. The summed E-state index contributed by atoms with van der Waals surface area (Å²) in [6.07, 6.45) is 23.3. The fourth-order valence-electron chi connectivity index (χ4n) is 2.58. The van der Waals surface area contributed by atoms with Crippen LogP contribution in [0.3, 0.4) is 0 Å². The molecule has 0 radical (unpaired) electrons. The van der Waals surface area contributed by atoms with E-state index in [1.807, 2.05) is 12.3 Å². The van der Waals surface area contributed by atoms with Crippen molar-refractivity contribution in [3.63, 3.8) is 0 Å². The Morgan fingerprint density at radius 2 is 1.45 bits per heavy atom. The van der Waals surface area contributed by atoms with Gasteiger partial charge in [-0.3, -0.25) is 0 Å². The highest BCUT2D eigenvalue weighted by molar-refractivity contribution is 5.43. The van der Waals surface area contributed by atoms with E-state index in [2.05, 4.69) is 30.1 Å². The molecule has 1 nitrogen and oxygen atoms in total. The quantitative estimate of drug-likeness (QED) is 0.384. The van der Waals surface area contributed by atoms with E-state index in [1.54, 1.807) is 0 Å². The molecule has 1 aromatic heterocycles. The van der Waals surface area contributed by atoms with Crippen LogP contribution in [-0.4, -0.2) is 4.98 Å². The Hall–Kier alpha value is -0.980. The molecule has 0 spiro atoms. The Balaban J connectivity index is 1.76. The smallest absolute Gasteiger partial charge is 0.0377 e. The first-order valence-electron chi connectivity index (χ1n) is 8.73. The molecule has 0 fully saturated rings. The van der Waals surface area contributed by atoms with Gasteiger partial charge in [0.05, 0.1) is 0 Å². The molecule has 1 heteroatoms. The zero-order valence-corrected chi connectivity index (χ0v) is 13.4. The standard InChI is InChI=1S/C19H33N/c1-2-3-4-5-6-7-8-9-10-11-12-13-14-16-19-17-15-18-20-19/h14-18,20H,2-13H2,1H3. The van der Waals surface area contributed by atoms with Gasteiger partial charge in [0.25, 0.3) is 0 Å². The minimum absolute atomic E-state index is 1.22. The molecule has 0 amide bonds. The highest BCUT2D eigenvalue weighted by atomic mass is 14.7. The van der Waals surface area contributed by atoms with E-state index in [0.29, 0.717) is 0 Å². The van der Waals surface area contributed by atoms with Crippen molar-refractivity contribution >= 4 is 6.08 Å². The number of aromatic amines is 1. The third-order valence-electron chi connectivity index (χ3n) is 3.89. The van der Waals surface area contributed by atoms with Crippen LogP contribution in [0.1, 0.15) is 89.7 Å². The number of allylic oxidation sites excluding steroid dienone is 1. The number of nitrogens with one attached hydrogen (secondary N) is 1. The van der Waals surface area contributed by atoms with E-state index in [1.165, 1.54) is 82.7 Å². The Morgan fingerprint density at radius 3 is 2.00 bits per heavy atom. The third-order valence-corrected chi connectivity index (χ3v) is 3.89. The van der Waals surface area contributed by atoms with Crippen molar-refractivity contribution in [2.24, 2.45) is 0 Å². The predicted octanol–water partition coefficient (Wildman–Crippen LogP) is 6.73. The van der Waals surface area contributed by atoms with Gasteiger partial charge in [-0.15, -0.1) is 0 Å². The third kappa shape index (κ3) is 9.89. The van der Waals surface area contributed by atoms with E-state index >= 15 is 0 Å². The summed E-state index contributed by atoms with van der Waals surface area (Å²) in [4.78, 5) is 3.19. The Kier molecular flexibility index (Phi) is 11.1. The van der Waals surface area contributed by atoms with Gasteiger partial charge in [-0.2, -0.15) is 0 Å². The lowest BCUT2D eigenvalue weighted by atomic mass is 10.1. The summed E-state index contributed by atoms with van der Waals surface area (Å²) < 4.78 is 0. The zero-order chi connectivity index (χ0) is 14.3. The van der Waals surface area contributed by atoms with Crippen LogP contribution in [0.15, 0.2) is 24.4 Å². The zero-order valence-electron chi connectivity index (χ0n) is 13.4. The molecule has 0 atom stereocenters. The highest BCUT2D eigenvalue weighted by Crippen LogP contribution is 2.12. The lowest BCUT2D eigenvalue weighted by molar-refractivity contribution is 0.550. The predicted molar refractivity (Wildman–Crippen MR) is 90.9 cm³/mol. The molecule has 0 aliphatic carbocycles. The first-order chi connectivity index (χ1) is 9.93. The second-order valence-electron chi connectivity index (χ2n) is 5.85. The van der Waals surface area contributed by atoms with Crippen LogP contribution in [0.2, 0.25) is 0 Å². The summed E-state index contributed by atoms with van der Waals surface area (Å²) in [5, 5.41) is 0. The SMILES string of the molecule is CCCCCCCCCCCCCC=Cc1ccc[nH]1. The van der Waals surface area contributed by atoms with Gasteiger partial charge >= 0.3 is 0 Å². The van der Waals surface area contributed by atoms with Crippen molar-refractivity contribution in [1.29, 1.82) is 0 Å². The van der Waals surface area contributed by atoms with Crippen molar-refractivity contribution in [2.45, 2.75) is 84.0 Å². The van der Waals surface area contributed by atoms with Gasteiger partial charge in [0.15, 0.2) is 0 Å². The fourth-order valence-corrected chi connectivity index (χ4v) is 2.58. The molecule has 0 saturated heterocycles. The number of rotatable bonds is 13. The van der Waals surface area contributed by atoms with Crippen LogP contribution < -0.4 is 0 Å². The molecular weight excluding hydrogens is 242 g/mol. The molecule has 1 N–H and O–H groups in total. The summed E-state index contributed by atoms with van der Waals surface area (Å²) in [5.74, 6) is 0. The second kappa shape index (κ2) is 13.0. The molecule has 20 heavy (non-hydrogen) atoms. The van der Waals surface area contributed by atoms with E-state index in [-0.39, 0.29) is 0 Å². The summed E-state index contributed by atoms with van der Waals surface area (Å²) in [5.41, 5.74) is 1.22. The van der Waals surface area contributed by atoms with Gasteiger partial charge in [-0.05, 0) is 31.1 Å². The maximum absolute atomic E-state index is 3.19. The van der Waals surface area contributed by atoms with E-state index < -0.39 is 0 Å². The molecule has 1 heterocycles. The molecular formula is C19H33N. The molecule has 0 bridgehead atoms. The first kappa shape index (κ1) is 17.1. The van der Waals surface area contributed by atoms with Crippen molar-refractivity contribution in [3.8, 4) is 0 Å². The van der Waals surface area contributed by atoms with E-state index in [9.17, 15) is 0 Å². The average molecular weight is 275 g/mol. The number of hydrogen-bond donors (Lipinski definition) is 1. The lowest BCUT2D eigenvalue weighted by Gasteiger charge is -2.01. The fraction of sp³-hybridized carbons (Fsp3) is 0.684. The minimum atomic E-state index is 1.22.